The number of rotatable bonds is 10. The summed E-state index contributed by atoms with van der Waals surface area (Å²) in [6.45, 7) is 7.57. The maximum Gasteiger partial charge on any atom is 0.243 e. The number of carbonyl (C=O) groups is 1. The first kappa shape index (κ1) is 29.9. The number of amides is 1. The largest absolute Gasteiger partial charge is 0.378 e. The van der Waals surface area contributed by atoms with Crippen LogP contribution in [0, 0.1) is 0 Å². The van der Waals surface area contributed by atoms with Gasteiger partial charge in [0.1, 0.15) is 0 Å². The number of unbranched alkanes of at least 4 members (excludes halogenated alkanes) is 1. The van der Waals surface area contributed by atoms with E-state index in [2.05, 4.69) is 21.7 Å². The molecule has 0 aliphatic carbocycles. The van der Waals surface area contributed by atoms with Gasteiger partial charge in [0.2, 0.25) is 5.91 Å². The van der Waals surface area contributed by atoms with Crippen molar-refractivity contribution in [3.63, 3.8) is 0 Å². The molecule has 4 aromatic rings. The van der Waals surface area contributed by atoms with Gasteiger partial charge >= 0.3 is 0 Å². The Balaban J connectivity index is 1.29. The predicted octanol–water partition coefficient (Wildman–Crippen LogP) is 2.60. The second-order valence-electron chi connectivity index (χ2n) is 11.2. The van der Waals surface area contributed by atoms with Gasteiger partial charge in [0.15, 0.2) is 11.6 Å². The highest BCUT2D eigenvalue weighted by Crippen LogP contribution is 2.36. The molecule has 1 unspecified atom stereocenters. The van der Waals surface area contributed by atoms with Gasteiger partial charge in [-0.3, -0.25) is 23.8 Å². The normalized spacial score (nSPS) is 18.3. The Labute approximate surface area is 255 Å². The zero-order chi connectivity index (χ0) is 30.0. The van der Waals surface area contributed by atoms with Gasteiger partial charge in [-0.15, -0.1) is 11.3 Å². The van der Waals surface area contributed by atoms with E-state index in [9.17, 15) is 9.00 Å². The summed E-state index contributed by atoms with van der Waals surface area (Å²) in [5, 5.41) is 14.4. The van der Waals surface area contributed by atoms with Gasteiger partial charge in [-0.2, -0.15) is 5.10 Å². The Morgan fingerprint density at radius 2 is 1.91 bits per heavy atom. The van der Waals surface area contributed by atoms with Crippen molar-refractivity contribution < 1.29 is 18.9 Å². The average molecular weight is 627 g/mol. The van der Waals surface area contributed by atoms with Crippen LogP contribution in [-0.2, 0) is 32.3 Å². The van der Waals surface area contributed by atoms with Crippen molar-refractivity contribution in [1.29, 1.82) is 0 Å². The first-order valence-corrected chi connectivity index (χ1v) is 17.5. The highest BCUT2D eigenvalue weighted by atomic mass is 32.2. The number of fused-ring (bicyclic) bond motifs is 2. The zero-order valence-corrected chi connectivity index (χ0v) is 26.0. The van der Waals surface area contributed by atoms with Crippen LogP contribution < -0.4 is 10.4 Å². The number of morpholine rings is 1. The molecule has 5 heterocycles. The zero-order valence-electron chi connectivity index (χ0n) is 24.4. The lowest BCUT2D eigenvalue weighted by atomic mass is 10.1. The van der Waals surface area contributed by atoms with Gasteiger partial charge in [0, 0.05) is 96.8 Å². The summed E-state index contributed by atoms with van der Waals surface area (Å²) in [4.78, 5) is 27.5. The molecular formula is C29H38N8O4S2. The third-order valence-electron chi connectivity index (χ3n) is 7.98. The number of thiophene rings is 1. The molecule has 6 rings (SSSR count). The molecule has 12 nitrogen and oxygen atoms in total. The molecule has 2 aliphatic rings. The van der Waals surface area contributed by atoms with Crippen molar-refractivity contribution in [2.75, 3.05) is 63.6 Å². The fourth-order valence-electron chi connectivity index (χ4n) is 5.66. The summed E-state index contributed by atoms with van der Waals surface area (Å²) in [6.07, 6.45) is 5.43. The highest BCUT2D eigenvalue weighted by Gasteiger charge is 2.24. The number of ether oxygens (including phenoxy) is 1. The fraction of sp³-hybridized carbons (Fsp3) is 0.483. The molecule has 1 aromatic carbocycles. The number of hydroxylamine groups is 1. The van der Waals surface area contributed by atoms with Crippen molar-refractivity contribution in [3.8, 4) is 11.4 Å². The quantitative estimate of drug-likeness (QED) is 0.118. The number of aryl methyl sites for hydroxylation is 1. The number of benzene rings is 1. The molecule has 2 aliphatic heterocycles. The number of piperazine rings is 1. The number of nitrogens with one attached hydrogen (secondary N) is 1. The number of hydrogen-bond donors (Lipinski definition) is 2. The Hall–Kier alpha value is -3.14. The van der Waals surface area contributed by atoms with Gasteiger partial charge in [-0.05, 0) is 30.8 Å². The number of nitrogens with zero attached hydrogens (tertiary/aromatic N) is 7. The Morgan fingerprint density at radius 3 is 2.65 bits per heavy atom. The molecule has 0 radical (unpaired) electrons. The number of aromatic nitrogens is 4. The van der Waals surface area contributed by atoms with Crippen LogP contribution in [0.2, 0.25) is 0 Å². The molecule has 0 spiro atoms. The third kappa shape index (κ3) is 6.84. The highest BCUT2D eigenvalue weighted by molar-refractivity contribution is 7.97. The minimum atomic E-state index is -2.17. The molecule has 0 saturated carbocycles. The standard InChI is InChI=1S/C29H38N8O4S2/c1-43(2,40)37-12-10-34(11-13-37)19-21-18-25-27(42-21)29(35-14-16-41-17-15-35)31-28(30-25)22-6-5-7-24-23(22)20-36(32-24)9-4-3-8-26(38)33-39/h5-7,18,20,39H,1,3-4,8-17,19H2,2H3,(H,33,38). The molecule has 3 aromatic heterocycles. The SMILES string of the molecule is C=S(C)(=O)N1CCN(Cc2cc3nc(-c4cccc5nn(CCCCC(=O)NO)cc45)nc(N4CCOCC4)c3s2)CC1. The van der Waals surface area contributed by atoms with Crippen LogP contribution in [0.3, 0.4) is 0 Å². The molecule has 2 fully saturated rings. The van der Waals surface area contributed by atoms with Crippen molar-refractivity contribution in [2.45, 2.75) is 32.4 Å². The van der Waals surface area contributed by atoms with Gasteiger partial charge in [-0.1, -0.05) is 12.1 Å². The van der Waals surface area contributed by atoms with Gasteiger partial charge in [0.25, 0.3) is 0 Å². The molecule has 2 N–H and O–H groups in total. The molecule has 0 bridgehead atoms. The molecular weight excluding hydrogens is 589 g/mol. The van der Waals surface area contributed by atoms with Crippen molar-refractivity contribution in [3.05, 3.63) is 35.3 Å². The van der Waals surface area contributed by atoms with E-state index in [1.54, 1.807) is 23.1 Å². The van der Waals surface area contributed by atoms with E-state index in [0.717, 1.165) is 84.7 Å². The van der Waals surface area contributed by atoms with Gasteiger partial charge < -0.3 is 9.64 Å². The topological polar surface area (TPSA) is 129 Å². The van der Waals surface area contributed by atoms with Crippen molar-refractivity contribution in [2.24, 2.45) is 0 Å². The summed E-state index contributed by atoms with van der Waals surface area (Å²) >= 11 is 1.75. The first-order valence-electron chi connectivity index (χ1n) is 14.6. The molecule has 230 valence electrons. The second-order valence-corrected chi connectivity index (χ2v) is 14.8. The number of hydrogen-bond acceptors (Lipinski definition) is 10. The minimum absolute atomic E-state index is 0.274. The van der Waals surface area contributed by atoms with Gasteiger partial charge in [0.05, 0.1) is 28.9 Å². The Morgan fingerprint density at radius 1 is 1.12 bits per heavy atom. The number of carbonyl (C=O) groups excluding carboxylic acids is 1. The van der Waals surface area contributed by atoms with E-state index in [0.29, 0.717) is 32.0 Å². The molecule has 1 amide bonds. The lowest BCUT2D eigenvalue weighted by Crippen LogP contribution is -2.47. The maximum absolute atomic E-state index is 12.4. The van der Waals surface area contributed by atoms with Gasteiger partial charge in [-0.25, -0.2) is 19.8 Å². The van der Waals surface area contributed by atoms with E-state index >= 15 is 0 Å². The average Bonchev–Trinajstić information content (AvgIpc) is 3.62. The van der Waals surface area contributed by atoms with Crippen LogP contribution in [-0.4, -0.2) is 109 Å². The monoisotopic (exact) mass is 626 g/mol. The Bertz CT molecular complexity index is 1710. The van der Waals surface area contributed by atoms with Crippen molar-refractivity contribution in [1.82, 2.24) is 34.4 Å². The molecule has 43 heavy (non-hydrogen) atoms. The van der Waals surface area contributed by atoms with Crippen LogP contribution >= 0.6 is 11.3 Å². The summed E-state index contributed by atoms with van der Waals surface area (Å²) in [7, 11) is -2.17. The maximum atomic E-state index is 12.4. The summed E-state index contributed by atoms with van der Waals surface area (Å²) in [5.41, 5.74) is 4.41. The minimum Gasteiger partial charge on any atom is -0.378 e. The summed E-state index contributed by atoms with van der Waals surface area (Å²) < 4.78 is 23.0. The Kier molecular flexibility index (Phi) is 8.93. The van der Waals surface area contributed by atoms with Crippen LogP contribution in [0.1, 0.15) is 24.1 Å². The van der Waals surface area contributed by atoms with Crippen LogP contribution in [0.25, 0.3) is 32.5 Å². The van der Waals surface area contributed by atoms with E-state index in [4.69, 9.17) is 25.0 Å². The van der Waals surface area contributed by atoms with Crippen LogP contribution in [0.15, 0.2) is 30.5 Å². The third-order valence-corrected chi connectivity index (χ3v) is 10.5. The number of anilines is 1. The van der Waals surface area contributed by atoms with E-state index in [1.807, 2.05) is 33.4 Å². The lowest BCUT2D eigenvalue weighted by Gasteiger charge is -2.34. The molecule has 1 atom stereocenters. The first-order chi connectivity index (χ1) is 20.8. The summed E-state index contributed by atoms with van der Waals surface area (Å²) in [5.74, 6) is 5.08. The van der Waals surface area contributed by atoms with Crippen molar-refractivity contribution >= 4 is 59.8 Å². The molecule has 14 heteroatoms. The lowest BCUT2D eigenvalue weighted by molar-refractivity contribution is -0.129. The predicted molar refractivity (Wildman–Crippen MR) is 171 cm³/mol. The second kappa shape index (κ2) is 12.8. The van der Waals surface area contributed by atoms with E-state index in [-0.39, 0.29) is 12.3 Å². The smallest absolute Gasteiger partial charge is 0.243 e. The van der Waals surface area contributed by atoms with Crippen LogP contribution in [0.5, 0.6) is 0 Å². The van der Waals surface area contributed by atoms with E-state index in [1.165, 1.54) is 4.88 Å². The fourth-order valence-corrected chi connectivity index (χ4v) is 7.75. The molecule has 2 saturated heterocycles. The van der Waals surface area contributed by atoms with E-state index < -0.39 is 9.71 Å². The van der Waals surface area contributed by atoms with Crippen LogP contribution in [0.4, 0.5) is 5.82 Å². The summed E-state index contributed by atoms with van der Waals surface area (Å²) in [6, 6.07) is 8.22.